The minimum atomic E-state index is -0.124. The van der Waals surface area contributed by atoms with Crippen LogP contribution in [0.25, 0.3) is 0 Å². The summed E-state index contributed by atoms with van der Waals surface area (Å²) < 4.78 is 0. The zero-order chi connectivity index (χ0) is 14.3. The van der Waals surface area contributed by atoms with Gasteiger partial charge in [-0.05, 0) is 39.5 Å². The molecule has 1 aromatic rings. The van der Waals surface area contributed by atoms with Crippen molar-refractivity contribution in [3.63, 3.8) is 0 Å². The largest absolute Gasteiger partial charge is 0.393 e. The van der Waals surface area contributed by atoms with E-state index in [-0.39, 0.29) is 6.10 Å². The molecule has 0 bridgehead atoms. The maximum atomic E-state index is 10.1. The lowest BCUT2D eigenvalue weighted by atomic mass is 10.00. The maximum absolute atomic E-state index is 10.1. The van der Waals surface area contributed by atoms with E-state index in [4.69, 9.17) is 0 Å². The Morgan fingerprint density at radius 3 is 2.75 bits per heavy atom. The molecule has 0 spiro atoms. The number of aryl methyl sites for hydroxylation is 1. The van der Waals surface area contributed by atoms with Gasteiger partial charge in [-0.2, -0.15) is 0 Å². The highest BCUT2D eigenvalue weighted by molar-refractivity contribution is 5.59. The van der Waals surface area contributed by atoms with Crippen LogP contribution in [0, 0.1) is 25.7 Å². The molecule has 2 heterocycles. The molecule has 110 valence electrons. The van der Waals surface area contributed by atoms with Crippen LogP contribution in [0.5, 0.6) is 0 Å². The lowest BCUT2D eigenvalue weighted by molar-refractivity contribution is 0.133. The molecule has 1 aliphatic heterocycles. The third kappa shape index (κ3) is 2.24. The van der Waals surface area contributed by atoms with Gasteiger partial charge in [0.15, 0.2) is 0 Å². The van der Waals surface area contributed by atoms with Crippen molar-refractivity contribution in [3.05, 3.63) is 11.4 Å². The molecule has 0 aromatic carbocycles. The van der Waals surface area contributed by atoms with Gasteiger partial charge < -0.3 is 15.3 Å². The first-order chi connectivity index (χ1) is 9.60. The standard InChI is InChI=1S/C15H24N4O/c1-4-16-14-9(2)15(18-10(3)17-14)19-7-11-5-6-13(20)12(11)8-19/h11-13,20H,4-8H2,1-3H3,(H,16,17,18). The molecule has 5 heteroatoms. The van der Waals surface area contributed by atoms with Crippen molar-refractivity contribution in [2.24, 2.45) is 11.8 Å². The van der Waals surface area contributed by atoms with Gasteiger partial charge in [-0.15, -0.1) is 0 Å². The third-order valence-electron chi connectivity index (χ3n) is 4.69. The highest BCUT2D eigenvalue weighted by atomic mass is 16.3. The van der Waals surface area contributed by atoms with Crippen LogP contribution < -0.4 is 10.2 Å². The van der Waals surface area contributed by atoms with Crippen LogP contribution in [0.3, 0.4) is 0 Å². The summed E-state index contributed by atoms with van der Waals surface area (Å²) in [5.74, 6) is 3.83. The quantitative estimate of drug-likeness (QED) is 0.880. The van der Waals surface area contributed by atoms with E-state index < -0.39 is 0 Å². The van der Waals surface area contributed by atoms with E-state index >= 15 is 0 Å². The molecule has 0 radical (unpaired) electrons. The first-order valence-corrected chi connectivity index (χ1v) is 7.62. The molecular formula is C15H24N4O. The van der Waals surface area contributed by atoms with Crippen LogP contribution in [0.1, 0.15) is 31.2 Å². The van der Waals surface area contributed by atoms with E-state index in [9.17, 15) is 5.11 Å². The fourth-order valence-electron chi connectivity index (χ4n) is 3.67. The second-order valence-electron chi connectivity index (χ2n) is 6.07. The summed E-state index contributed by atoms with van der Waals surface area (Å²) in [6.07, 6.45) is 1.99. The van der Waals surface area contributed by atoms with E-state index in [1.165, 1.54) is 0 Å². The molecule has 2 fully saturated rings. The van der Waals surface area contributed by atoms with Crippen molar-refractivity contribution in [2.45, 2.75) is 39.7 Å². The Morgan fingerprint density at radius 1 is 1.25 bits per heavy atom. The van der Waals surface area contributed by atoms with Gasteiger partial charge in [0.1, 0.15) is 17.5 Å². The fourth-order valence-corrected chi connectivity index (χ4v) is 3.67. The molecule has 1 aromatic heterocycles. The Labute approximate surface area is 120 Å². The van der Waals surface area contributed by atoms with Crippen molar-refractivity contribution in [1.82, 2.24) is 9.97 Å². The number of nitrogens with zero attached hydrogens (tertiary/aromatic N) is 3. The van der Waals surface area contributed by atoms with Crippen LogP contribution in [-0.4, -0.2) is 40.8 Å². The predicted molar refractivity (Wildman–Crippen MR) is 80.1 cm³/mol. The Kier molecular flexibility index (Phi) is 3.54. The molecule has 3 atom stereocenters. The normalized spacial score (nSPS) is 28.8. The summed E-state index contributed by atoms with van der Waals surface area (Å²) in [4.78, 5) is 11.5. The molecule has 3 rings (SSSR count). The number of aliphatic hydroxyl groups is 1. The van der Waals surface area contributed by atoms with Crippen LogP contribution in [0.15, 0.2) is 0 Å². The molecule has 5 nitrogen and oxygen atoms in total. The number of hydrogen-bond donors (Lipinski definition) is 2. The summed E-state index contributed by atoms with van der Waals surface area (Å²) in [6, 6.07) is 0. The highest BCUT2D eigenvalue weighted by Gasteiger charge is 2.42. The topological polar surface area (TPSA) is 61.3 Å². The zero-order valence-electron chi connectivity index (χ0n) is 12.6. The number of aliphatic hydroxyl groups excluding tert-OH is 1. The molecule has 2 aliphatic rings. The Hall–Kier alpha value is -1.36. The van der Waals surface area contributed by atoms with Crippen molar-refractivity contribution in [3.8, 4) is 0 Å². The van der Waals surface area contributed by atoms with E-state index in [0.717, 1.165) is 55.5 Å². The van der Waals surface area contributed by atoms with Gasteiger partial charge in [-0.1, -0.05) is 0 Å². The van der Waals surface area contributed by atoms with Crippen LogP contribution in [0.2, 0.25) is 0 Å². The summed E-state index contributed by atoms with van der Waals surface area (Å²) in [7, 11) is 0. The Bertz CT molecular complexity index is 505. The number of anilines is 2. The van der Waals surface area contributed by atoms with Crippen molar-refractivity contribution < 1.29 is 5.11 Å². The predicted octanol–water partition coefficient (Wildman–Crippen LogP) is 1.73. The zero-order valence-corrected chi connectivity index (χ0v) is 12.6. The Morgan fingerprint density at radius 2 is 2.05 bits per heavy atom. The minimum absolute atomic E-state index is 0.124. The van der Waals surface area contributed by atoms with Gasteiger partial charge in [0.25, 0.3) is 0 Å². The first-order valence-electron chi connectivity index (χ1n) is 7.62. The number of rotatable bonds is 3. The molecule has 1 saturated heterocycles. The van der Waals surface area contributed by atoms with Gasteiger partial charge in [-0.25, -0.2) is 9.97 Å². The lowest BCUT2D eigenvalue weighted by Crippen LogP contribution is -2.26. The second-order valence-corrected chi connectivity index (χ2v) is 6.07. The van der Waals surface area contributed by atoms with Gasteiger partial charge in [0.05, 0.1) is 6.10 Å². The molecular weight excluding hydrogens is 252 g/mol. The number of aromatic nitrogens is 2. The highest BCUT2D eigenvalue weighted by Crippen LogP contribution is 2.40. The van der Waals surface area contributed by atoms with E-state index in [0.29, 0.717) is 11.8 Å². The van der Waals surface area contributed by atoms with E-state index in [1.54, 1.807) is 0 Å². The summed E-state index contributed by atoms with van der Waals surface area (Å²) in [6.45, 7) is 8.90. The summed E-state index contributed by atoms with van der Waals surface area (Å²) in [5.41, 5.74) is 1.12. The molecule has 2 N–H and O–H groups in total. The van der Waals surface area contributed by atoms with E-state index in [1.807, 2.05) is 6.92 Å². The molecule has 1 saturated carbocycles. The van der Waals surface area contributed by atoms with Gasteiger partial charge >= 0.3 is 0 Å². The van der Waals surface area contributed by atoms with Crippen molar-refractivity contribution in [2.75, 3.05) is 29.9 Å². The summed E-state index contributed by atoms with van der Waals surface area (Å²) in [5, 5.41) is 13.4. The van der Waals surface area contributed by atoms with Crippen LogP contribution in [-0.2, 0) is 0 Å². The van der Waals surface area contributed by atoms with Crippen molar-refractivity contribution >= 4 is 11.6 Å². The number of nitrogens with one attached hydrogen (secondary N) is 1. The third-order valence-corrected chi connectivity index (χ3v) is 4.69. The SMILES string of the molecule is CCNc1nc(C)nc(N2CC3CCC(O)C3C2)c1C. The van der Waals surface area contributed by atoms with Gasteiger partial charge in [-0.3, -0.25) is 0 Å². The molecule has 0 amide bonds. The second kappa shape index (κ2) is 5.20. The maximum Gasteiger partial charge on any atom is 0.137 e. The average molecular weight is 276 g/mol. The van der Waals surface area contributed by atoms with E-state index in [2.05, 4.69) is 34.0 Å². The number of fused-ring (bicyclic) bond motifs is 1. The molecule has 1 aliphatic carbocycles. The molecule has 3 unspecified atom stereocenters. The van der Waals surface area contributed by atoms with Gasteiger partial charge in [0, 0.05) is 31.1 Å². The van der Waals surface area contributed by atoms with Gasteiger partial charge in [0.2, 0.25) is 0 Å². The molecule has 20 heavy (non-hydrogen) atoms. The summed E-state index contributed by atoms with van der Waals surface area (Å²) >= 11 is 0. The first kappa shape index (κ1) is 13.6. The Balaban J connectivity index is 1.87. The van der Waals surface area contributed by atoms with Crippen LogP contribution >= 0.6 is 0 Å². The number of hydrogen-bond acceptors (Lipinski definition) is 5. The smallest absolute Gasteiger partial charge is 0.137 e. The van der Waals surface area contributed by atoms with Crippen LogP contribution in [0.4, 0.5) is 11.6 Å². The monoisotopic (exact) mass is 276 g/mol. The lowest BCUT2D eigenvalue weighted by Gasteiger charge is -2.23. The average Bonchev–Trinajstić information content (AvgIpc) is 2.96. The minimum Gasteiger partial charge on any atom is -0.393 e. The fraction of sp³-hybridized carbons (Fsp3) is 0.733. The van der Waals surface area contributed by atoms with Crippen molar-refractivity contribution in [1.29, 1.82) is 0 Å².